The summed E-state index contributed by atoms with van der Waals surface area (Å²) in [5, 5.41) is 12.8. The standard InChI is InChI=1S/C13H16N4O3/c1-20-5-4-14-12(18)8-15-13(19)9-2-3-10-7-16-17-11(10)6-9/h2-3,6-7H,4-5,8H2,1H3,(H,14,18)(H,15,19)(H,16,17). The second-order valence-corrected chi connectivity index (χ2v) is 4.20. The van der Waals surface area contributed by atoms with Gasteiger partial charge in [-0.25, -0.2) is 0 Å². The maximum absolute atomic E-state index is 11.9. The van der Waals surface area contributed by atoms with Gasteiger partial charge in [0.2, 0.25) is 5.91 Å². The van der Waals surface area contributed by atoms with Crippen molar-refractivity contribution in [3.63, 3.8) is 0 Å². The van der Waals surface area contributed by atoms with Gasteiger partial charge in [-0.05, 0) is 12.1 Å². The molecule has 0 aliphatic heterocycles. The van der Waals surface area contributed by atoms with Crippen LogP contribution in [0.4, 0.5) is 0 Å². The molecule has 2 rings (SSSR count). The summed E-state index contributed by atoms with van der Waals surface area (Å²) < 4.78 is 4.81. The van der Waals surface area contributed by atoms with Gasteiger partial charge in [0.1, 0.15) is 0 Å². The van der Waals surface area contributed by atoms with Crippen molar-refractivity contribution >= 4 is 22.7 Å². The van der Waals surface area contributed by atoms with E-state index in [1.807, 2.05) is 0 Å². The largest absolute Gasteiger partial charge is 0.383 e. The first-order chi connectivity index (χ1) is 9.70. The molecule has 2 amide bonds. The number of carbonyl (C=O) groups is 2. The number of carbonyl (C=O) groups excluding carboxylic acids is 2. The molecule has 3 N–H and O–H groups in total. The fourth-order valence-corrected chi connectivity index (χ4v) is 1.70. The number of ether oxygens (including phenoxy) is 1. The molecule has 0 spiro atoms. The summed E-state index contributed by atoms with van der Waals surface area (Å²) in [6.45, 7) is 0.797. The van der Waals surface area contributed by atoms with Crippen LogP contribution in [0.25, 0.3) is 10.9 Å². The highest BCUT2D eigenvalue weighted by atomic mass is 16.5. The van der Waals surface area contributed by atoms with Crippen LogP contribution in [-0.4, -0.2) is 48.8 Å². The van der Waals surface area contributed by atoms with Gasteiger partial charge in [0.05, 0.1) is 24.9 Å². The van der Waals surface area contributed by atoms with Gasteiger partial charge in [-0.3, -0.25) is 14.7 Å². The molecule has 106 valence electrons. The third-order valence-electron chi connectivity index (χ3n) is 2.74. The van der Waals surface area contributed by atoms with E-state index in [0.717, 1.165) is 10.9 Å². The molecule has 1 heterocycles. The van der Waals surface area contributed by atoms with Crippen LogP contribution in [0.1, 0.15) is 10.4 Å². The predicted molar refractivity (Wildman–Crippen MR) is 73.3 cm³/mol. The topological polar surface area (TPSA) is 96.1 Å². The van der Waals surface area contributed by atoms with Crippen molar-refractivity contribution in [2.45, 2.75) is 0 Å². The summed E-state index contributed by atoms with van der Waals surface area (Å²) in [6, 6.07) is 5.18. The van der Waals surface area contributed by atoms with Crippen molar-refractivity contribution in [3.8, 4) is 0 Å². The molecule has 1 aromatic heterocycles. The Morgan fingerprint density at radius 1 is 1.35 bits per heavy atom. The number of hydrogen-bond acceptors (Lipinski definition) is 4. The molecule has 0 atom stereocenters. The number of H-pyrrole nitrogens is 1. The molecule has 0 aliphatic rings. The smallest absolute Gasteiger partial charge is 0.251 e. The van der Waals surface area contributed by atoms with Gasteiger partial charge in [-0.1, -0.05) is 6.07 Å². The first-order valence-electron chi connectivity index (χ1n) is 6.17. The van der Waals surface area contributed by atoms with Gasteiger partial charge in [0.15, 0.2) is 0 Å². The SMILES string of the molecule is COCCNC(=O)CNC(=O)c1ccc2cn[nH]c2c1. The van der Waals surface area contributed by atoms with Gasteiger partial charge in [-0.2, -0.15) is 5.10 Å². The first kappa shape index (κ1) is 14.0. The highest BCUT2D eigenvalue weighted by Gasteiger charge is 2.08. The molecular formula is C13H16N4O3. The highest BCUT2D eigenvalue weighted by Crippen LogP contribution is 2.12. The van der Waals surface area contributed by atoms with Crippen LogP contribution in [-0.2, 0) is 9.53 Å². The summed E-state index contributed by atoms with van der Waals surface area (Å²) in [7, 11) is 1.56. The number of aromatic nitrogens is 2. The predicted octanol–water partition coefficient (Wildman–Crippen LogP) is 0.0553. The lowest BCUT2D eigenvalue weighted by Crippen LogP contribution is -2.38. The van der Waals surface area contributed by atoms with Crippen molar-refractivity contribution in [2.75, 3.05) is 26.8 Å². The van der Waals surface area contributed by atoms with Gasteiger partial charge in [0.25, 0.3) is 5.91 Å². The van der Waals surface area contributed by atoms with Gasteiger partial charge in [0, 0.05) is 24.6 Å². The lowest BCUT2D eigenvalue weighted by atomic mass is 10.1. The maximum Gasteiger partial charge on any atom is 0.251 e. The molecule has 0 bridgehead atoms. The number of benzene rings is 1. The van der Waals surface area contributed by atoms with E-state index >= 15 is 0 Å². The summed E-state index contributed by atoms with van der Waals surface area (Å²) in [5.41, 5.74) is 1.26. The Bertz CT molecular complexity index is 608. The molecule has 20 heavy (non-hydrogen) atoms. The summed E-state index contributed by atoms with van der Waals surface area (Å²) in [5.74, 6) is -0.554. The fraction of sp³-hybridized carbons (Fsp3) is 0.308. The molecule has 0 saturated heterocycles. The van der Waals surface area contributed by atoms with Gasteiger partial charge >= 0.3 is 0 Å². The molecule has 7 heteroatoms. The number of rotatable bonds is 6. The van der Waals surface area contributed by atoms with Gasteiger partial charge in [-0.15, -0.1) is 0 Å². The third kappa shape index (κ3) is 3.55. The molecule has 1 aromatic carbocycles. The third-order valence-corrected chi connectivity index (χ3v) is 2.74. The number of nitrogens with one attached hydrogen (secondary N) is 3. The molecule has 0 fully saturated rings. The van der Waals surface area contributed by atoms with Crippen LogP contribution < -0.4 is 10.6 Å². The minimum Gasteiger partial charge on any atom is -0.383 e. The monoisotopic (exact) mass is 276 g/mol. The highest BCUT2D eigenvalue weighted by molar-refractivity contribution is 5.99. The van der Waals surface area contributed by atoms with Crippen molar-refractivity contribution in [1.82, 2.24) is 20.8 Å². The minimum absolute atomic E-state index is 0.0659. The number of hydrogen-bond donors (Lipinski definition) is 3. The first-order valence-corrected chi connectivity index (χ1v) is 6.17. The zero-order valence-electron chi connectivity index (χ0n) is 11.1. The average molecular weight is 276 g/mol. The minimum atomic E-state index is -0.302. The van der Waals surface area contributed by atoms with E-state index in [9.17, 15) is 9.59 Å². The van der Waals surface area contributed by atoms with Crippen molar-refractivity contribution < 1.29 is 14.3 Å². The summed E-state index contributed by atoms with van der Waals surface area (Å²) in [4.78, 5) is 23.3. The molecule has 0 unspecified atom stereocenters. The normalized spacial score (nSPS) is 10.4. The average Bonchev–Trinajstić information content (AvgIpc) is 2.92. The van der Waals surface area contributed by atoms with E-state index < -0.39 is 0 Å². The number of fused-ring (bicyclic) bond motifs is 1. The molecule has 2 aromatic rings. The molecular weight excluding hydrogens is 260 g/mol. The molecule has 0 aliphatic carbocycles. The van der Waals surface area contributed by atoms with Crippen LogP contribution >= 0.6 is 0 Å². The lowest BCUT2D eigenvalue weighted by Gasteiger charge is -2.06. The van der Waals surface area contributed by atoms with E-state index in [4.69, 9.17) is 4.74 Å². The van der Waals surface area contributed by atoms with E-state index in [1.54, 1.807) is 31.5 Å². The Kier molecular flexibility index (Phi) is 4.67. The number of amides is 2. The molecule has 7 nitrogen and oxygen atoms in total. The Morgan fingerprint density at radius 2 is 2.20 bits per heavy atom. The molecule has 0 saturated carbocycles. The Hall–Kier alpha value is -2.41. The van der Waals surface area contributed by atoms with E-state index in [-0.39, 0.29) is 18.4 Å². The summed E-state index contributed by atoms with van der Waals surface area (Å²) in [6.07, 6.45) is 1.68. The van der Waals surface area contributed by atoms with E-state index in [2.05, 4.69) is 20.8 Å². The number of aromatic amines is 1. The zero-order valence-corrected chi connectivity index (χ0v) is 11.1. The van der Waals surface area contributed by atoms with Crippen LogP contribution in [0.2, 0.25) is 0 Å². The van der Waals surface area contributed by atoms with Crippen LogP contribution in [0.5, 0.6) is 0 Å². The zero-order chi connectivity index (χ0) is 14.4. The molecule has 0 radical (unpaired) electrons. The Balaban J connectivity index is 1.86. The second kappa shape index (κ2) is 6.67. The lowest BCUT2D eigenvalue weighted by molar-refractivity contribution is -0.120. The van der Waals surface area contributed by atoms with Crippen molar-refractivity contribution in [1.29, 1.82) is 0 Å². The van der Waals surface area contributed by atoms with Crippen molar-refractivity contribution in [2.24, 2.45) is 0 Å². The maximum atomic E-state index is 11.9. The van der Waals surface area contributed by atoms with Crippen LogP contribution in [0.3, 0.4) is 0 Å². The van der Waals surface area contributed by atoms with Crippen LogP contribution in [0, 0.1) is 0 Å². The Labute approximate surface area is 115 Å². The number of nitrogens with zero attached hydrogens (tertiary/aromatic N) is 1. The van der Waals surface area contributed by atoms with E-state index in [1.165, 1.54) is 0 Å². The second-order valence-electron chi connectivity index (χ2n) is 4.20. The van der Waals surface area contributed by atoms with E-state index in [0.29, 0.717) is 18.7 Å². The summed E-state index contributed by atoms with van der Waals surface area (Å²) >= 11 is 0. The number of methoxy groups -OCH3 is 1. The van der Waals surface area contributed by atoms with Crippen LogP contribution in [0.15, 0.2) is 24.4 Å². The quantitative estimate of drug-likeness (QED) is 0.650. The fourth-order valence-electron chi connectivity index (χ4n) is 1.70. The van der Waals surface area contributed by atoms with Crippen molar-refractivity contribution in [3.05, 3.63) is 30.0 Å². The Morgan fingerprint density at radius 3 is 3.00 bits per heavy atom. The van der Waals surface area contributed by atoms with Gasteiger partial charge < -0.3 is 15.4 Å².